The van der Waals surface area contributed by atoms with Crippen molar-refractivity contribution in [3.8, 4) is 11.5 Å². The maximum atomic E-state index is 11.7. The predicted molar refractivity (Wildman–Crippen MR) is 70.8 cm³/mol. The van der Waals surface area contributed by atoms with Gasteiger partial charge in [-0.15, -0.1) is 0 Å². The molecule has 1 aromatic heterocycles. The van der Waals surface area contributed by atoms with Gasteiger partial charge in [-0.1, -0.05) is 6.07 Å². The van der Waals surface area contributed by atoms with Gasteiger partial charge in [-0.2, -0.15) is 5.10 Å². The SMILES string of the molecule is Cc1ccc(=O)n(CC(O)c2ccc3c(c2)OCO3)n1. The minimum atomic E-state index is -0.837. The summed E-state index contributed by atoms with van der Waals surface area (Å²) in [7, 11) is 0. The molecule has 0 aliphatic carbocycles. The van der Waals surface area contributed by atoms with Gasteiger partial charge < -0.3 is 14.6 Å². The van der Waals surface area contributed by atoms with E-state index < -0.39 is 6.10 Å². The third-order valence-corrected chi connectivity index (χ3v) is 3.13. The van der Waals surface area contributed by atoms with E-state index in [2.05, 4.69) is 5.10 Å². The number of aryl methyl sites for hydroxylation is 1. The first kappa shape index (κ1) is 12.7. The molecule has 3 rings (SSSR count). The molecule has 0 fully saturated rings. The Morgan fingerprint density at radius 2 is 2.10 bits per heavy atom. The van der Waals surface area contributed by atoms with Crippen LogP contribution in [0.5, 0.6) is 11.5 Å². The molecule has 0 saturated heterocycles. The maximum absolute atomic E-state index is 11.7. The Morgan fingerprint density at radius 3 is 2.95 bits per heavy atom. The molecule has 0 radical (unpaired) electrons. The summed E-state index contributed by atoms with van der Waals surface area (Å²) >= 11 is 0. The van der Waals surface area contributed by atoms with Crippen molar-refractivity contribution in [1.82, 2.24) is 9.78 Å². The monoisotopic (exact) mass is 274 g/mol. The molecule has 1 aliphatic rings. The largest absolute Gasteiger partial charge is 0.454 e. The molecule has 2 aromatic rings. The van der Waals surface area contributed by atoms with Crippen molar-refractivity contribution in [2.45, 2.75) is 19.6 Å². The fourth-order valence-electron chi connectivity index (χ4n) is 2.07. The van der Waals surface area contributed by atoms with Crippen molar-refractivity contribution in [1.29, 1.82) is 0 Å². The lowest BCUT2D eigenvalue weighted by molar-refractivity contribution is 0.148. The summed E-state index contributed by atoms with van der Waals surface area (Å²) in [4.78, 5) is 11.7. The highest BCUT2D eigenvalue weighted by molar-refractivity contribution is 5.45. The smallest absolute Gasteiger partial charge is 0.266 e. The second kappa shape index (κ2) is 4.97. The summed E-state index contributed by atoms with van der Waals surface area (Å²) in [6.07, 6.45) is -0.837. The van der Waals surface area contributed by atoms with E-state index in [1.54, 1.807) is 31.2 Å². The van der Waals surface area contributed by atoms with Crippen LogP contribution in [0.1, 0.15) is 17.4 Å². The number of hydrogen-bond acceptors (Lipinski definition) is 5. The van der Waals surface area contributed by atoms with E-state index in [0.717, 1.165) is 5.69 Å². The summed E-state index contributed by atoms with van der Waals surface area (Å²) in [5.74, 6) is 1.26. The summed E-state index contributed by atoms with van der Waals surface area (Å²) in [5, 5.41) is 14.3. The van der Waals surface area contributed by atoms with E-state index in [1.807, 2.05) is 0 Å². The van der Waals surface area contributed by atoms with E-state index >= 15 is 0 Å². The van der Waals surface area contributed by atoms with Gasteiger partial charge in [-0.05, 0) is 30.7 Å². The number of aliphatic hydroxyl groups excluding tert-OH is 1. The van der Waals surface area contributed by atoms with E-state index in [-0.39, 0.29) is 18.9 Å². The van der Waals surface area contributed by atoms with Gasteiger partial charge in [0.2, 0.25) is 6.79 Å². The highest BCUT2D eigenvalue weighted by Crippen LogP contribution is 2.34. The lowest BCUT2D eigenvalue weighted by atomic mass is 10.1. The van der Waals surface area contributed by atoms with Gasteiger partial charge in [0.25, 0.3) is 5.56 Å². The number of aromatic nitrogens is 2. The number of hydrogen-bond donors (Lipinski definition) is 1. The fraction of sp³-hybridized carbons (Fsp3) is 0.286. The van der Waals surface area contributed by atoms with Gasteiger partial charge in [-0.3, -0.25) is 4.79 Å². The Bertz CT molecular complexity index is 696. The standard InChI is InChI=1S/C14H14N2O4/c1-9-2-5-14(18)16(15-9)7-11(17)10-3-4-12-13(6-10)20-8-19-12/h2-6,11,17H,7-8H2,1H3. The lowest BCUT2D eigenvalue weighted by Gasteiger charge is -2.13. The molecule has 0 amide bonds. The number of fused-ring (bicyclic) bond motifs is 1. The van der Waals surface area contributed by atoms with E-state index in [0.29, 0.717) is 17.1 Å². The summed E-state index contributed by atoms with van der Waals surface area (Å²) in [5.41, 5.74) is 1.14. The zero-order valence-corrected chi connectivity index (χ0v) is 10.9. The highest BCUT2D eigenvalue weighted by atomic mass is 16.7. The molecule has 6 heteroatoms. The second-order valence-corrected chi connectivity index (χ2v) is 4.62. The van der Waals surface area contributed by atoms with Crippen LogP contribution in [0.15, 0.2) is 35.1 Å². The molecule has 1 aromatic carbocycles. The lowest BCUT2D eigenvalue weighted by Crippen LogP contribution is -2.25. The molecule has 0 spiro atoms. The molecule has 0 saturated carbocycles. The fourth-order valence-corrected chi connectivity index (χ4v) is 2.07. The van der Waals surface area contributed by atoms with E-state index in [4.69, 9.17) is 9.47 Å². The van der Waals surface area contributed by atoms with E-state index in [9.17, 15) is 9.90 Å². The molecule has 1 unspecified atom stereocenters. The van der Waals surface area contributed by atoms with Gasteiger partial charge >= 0.3 is 0 Å². The minimum Gasteiger partial charge on any atom is -0.454 e. The third kappa shape index (κ3) is 2.37. The molecule has 6 nitrogen and oxygen atoms in total. The van der Waals surface area contributed by atoms with Crippen molar-refractivity contribution in [2.24, 2.45) is 0 Å². The Balaban J connectivity index is 1.84. The van der Waals surface area contributed by atoms with Gasteiger partial charge in [0.05, 0.1) is 18.3 Å². The Morgan fingerprint density at radius 1 is 1.30 bits per heavy atom. The molecule has 0 bridgehead atoms. The normalized spacial score (nSPS) is 14.3. The Hall–Kier alpha value is -2.34. The molecule has 20 heavy (non-hydrogen) atoms. The number of aliphatic hydroxyl groups is 1. The van der Waals surface area contributed by atoms with Crippen molar-refractivity contribution >= 4 is 0 Å². The van der Waals surface area contributed by atoms with Crippen LogP contribution in [0.4, 0.5) is 0 Å². The van der Waals surface area contributed by atoms with Crippen molar-refractivity contribution in [3.05, 3.63) is 51.9 Å². The third-order valence-electron chi connectivity index (χ3n) is 3.13. The van der Waals surface area contributed by atoms with Crippen LogP contribution in [0.3, 0.4) is 0 Å². The quantitative estimate of drug-likeness (QED) is 0.904. The Labute approximate surface area is 115 Å². The maximum Gasteiger partial charge on any atom is 0.266 e. The average Bonchev–Trinajstić information content (AvgIpc) is 2.90. The first-order valence-corrected chi connectivity index (χ1v) is 6.26. The van der Waals surface area contributed by atoms with Crippen molar-refractivity contribution in [2.75, 3.05) is 6.79 Å². The van der Waals surface area contributed by atoms with Crippen LogP contribution in [0, 0.1) is 6.92 Å². The van der Waals surface area contributed by atoms with Crippen LogP contribution in [0.25, 0.3) is 0 Å². The van der Waals surface area contributed by atoms with Gasteiger partial charge in [0, 0.05) is 6.07 Å². The topological polar surface area (TPSA) is 73.6 Å². The predicted octanol–water partition coefficient (Wildman–Crippen LogP) is 1.01. The molecule has 104 valence electrons. The summed E-state index contributed by atoms with van der Waals surface area (Å²) < 4.78 is 11.7. The van der Waals surface area contributed by atoms with Gasteiger partial charge in [0.1, 0.15) is 0 Å². The zero-order valence-electron chi connectivity index (χ0n) is 10.9. The van der Waals surface area contributed by atoms with Crippen LogP contribution >= 0.6 is 0 Å². The van der Waals surface area contributed by atoms with Crippen molar-refractivity contribution in [3.63, 3.8) is 0 Å². The van der Waals surface area contributed by atoms with E-state index in [1.165, 1.54) is 10.7 Å². The second-order valence-electron chi connectivity index (χ2n) is 4.62. The molecule has 1 atom stereocenters. The molecular weight excluding hydrogens is 260 g/mol. The van der Waals surface area contributed by atoms with Crippen LogP contribution in [-0.4, -0.2) is 21.7 Å². The van der Waals surface area contributed by atoms with Gasteiger partial charge in [0.15, 0.2) is 11.5 Å². The van der Waals surface area contributed by atoms with Crippen LogP contribution in [-0.2, 0) is 6.54 Å². The van der Waals surface area contributed by atoms with Crippen molar-refractivity contribution < 1.29 is 14.6 Å². The first-order chi connectivity index (χ1) is 9.63. The molecule has 1 N–H and O–H groups in total. The minimum absolute atomic E-state index is 0.0974. The summed E-state index contributed by atoms with van der Waals surface area (Å²) in [6.45, 7) is 2.08. The van der Waals surface area contributed by atoms with Crippen LogP contribution < -0.4 is 15.0 Å². The summed E-state index contributed by atoms with van der Waals surface area (Å²) in [6, 6.07) is 8.29. The molecular formula is C14H14N2O4. The molecule has 2 heterocycles. The molecule has 1 aliphatic heterocycles. The first-order valence-electron chi connectivity index (χ1n) is 6.26. The van der Waals surface area contributed by atoms with Crippen LogP contribution in [0.2, 0.25) is 0 Å². The number of benzene rings is 1. The number of nitrogens with zero attached hydrogens (tertiary/aromatic N) is 2. The number of rotatable bonds is 3. The average molecular weight is 274 g/mol. The zero-order chi connectivity index (χ0) is 14.1. The Kier molecular flexibility index (Phi) is 3.15. The van der Waals surface area contributed by atoms with Gasteiger partial charge in [-0.25, -0.2) is 4.68 Å². The number of ether oxygens (including phenoxy) is 2. The highest BCUT2D eigenvalue weighted by Gasteiger charge is 2.17.